The Morgan fingerprint density at radius 2 is 1.88 bits per heavy atom. The number of nitrogens with one attached hydrogen (secondary N) is 2. The Kier molecular flexibility index (Phi) is 7.79. The van der Waals surface area contributed by atoms with E-state index in [9.17, 15) is 19.2 Å². The predicted octanol–water partition coefficient (Wildman–Crippen LogP) is 3.31. The number of benzene rings is 2. The zero-order valence-electron chi connectivity index (χ0n) is 27.6. The highest BCUT2D eigenvalue weighted by atomic mass is 16.5. The standard InChI is InChI=1S/C37H30N8O6/c1-43-28-12-9-23(18-29(28)44(2)37(43)49)45-15-16-50-36-30(45)20-40-33(42-36)22-8-11-27(39-19-22)35(48)38-14-4-6-24-17-21-5-3-7-25(32(21)51-24)26-10-13-31(46)41-34(26)47/h3,5,7-9,11-12,17-20,26H,10,13-16H2,1-2H3,(H,38,48)(H,41,46,47). The molecule has 1 atom stereocenters. The Morgan fingerprint density at radius 3 is 2.71 bits per heavy atom. The van der Waals surface area contributed by atoms with E-state index in [2.05, 4.69) is 42.3 Å². The van der Waals surface area contributed by atoms with Gasteiger partial charge in [-0.15, -0.1) is 0 Å². The van der Waals surface area contributed by atoms with Crippen molar-refractivity contribution in [1.82, 2.24) is 34.7 Å². The summed E-state index contributed by atoms with van der Waals surface area (Å²) >= 11 is 0. The number of anilines is 2. The summed E-state index contributed by atoms with van der Waals surface area (Å²) < 4.78 is 15.1. The summed E-state index contributed by atoms with van der Waals surface area (Å²) in [6.07, 6.45) is 3.91. The molecule has 254 valence electrons. The Labute approximate surface area is 290 Å². The summed E-state index contributed by atoms with van der Waals surface area (Å²) in [5, 5.41) is 5.92. The van der Waals surface area contributed by atoms with Crippen molar-refractivity contribution in [1.29, 1.82) is 0 Å². The number of carbonyl (C=O) groups is 3. The largest absolute Gasteiger partial charge is 0.474 e. The lowest BCUT2D eigenvalue weighted by Crippen LogP contribution is -2.39. The third-order valence-corrected chi connectivity index (χ3v) is 9.14. The van der Waals surface area contributed by atoms with E-state index in [1.165, 1.54) is 6.20 Å². The lowest BCUT2D eigenvalue weighted by molar-refractivity contribution is -0.134. The van der Waals surface area contributed by atoms with Crippen LogP contribution in [0.4, 0.5) is 11.4 Å². The fourth-order valence-corrected chi connectivity index (χ4v) is 6.49. The first-order valence-electron chi connectivity index (χ1n) is 16.3. The monoisotopic (exact) mass is 682 g/mol. The van der Waals surface area contributed by atoms with E-state index in [0.717, 1.165) is 22.1 Å². The molecule has 0 bridgehead atoms. The molecule has 0 saturated carbocycles. The van der Waals surface area contributed by atoms with Crippen molar-refractivity contribution in [2.24, 2.45) is 14.1 Å². The van der Waals surface area contributed by atoms with E-state index in [4.69, 9.17) is 9.15 Å². The number of hydrogen-bond acceptors (Lipinski definition) is 10. The van der Waals surface area contributed by atoms with Crippen LogP contribution in [0.3, 0.4) is 0 Å². The van der Waals surface area contributed by atoms with Crippen LogP contribution in [-0.2, 0) is 23.7 Å². The Bertz CT molecular complexity index is 2520. The predicted molar refractivity (Wildman–Crippen MR) is 186 cm³/mol. The van der Waals surface area contributed by atoms with Gasteiger partial charge in [0.1, 0.15) is 23.6 Å². The number of aromatic nitrogens is 5. The van der Waals surface area contributed by atoms with E-state index >= 15 is 0 Å². The smallest absolute Gasteiger partial charge is 0.328 e. The van der Waals surface area contributed by atoms with Gasteiger partial charge in [-0.05, 0) is 42.7 Å². The summed E-state index contributed by atoms with van der Waals surface area (Å²) in [5.74, 6) is 5.53. The first-order valence-corrected chi connectivity index (χ1v) is 16.3. The van der Waals surface area contributed by atoms with Crippen LogP contribution in [0.25, 0.3) is 33.4 Å². The van der Waals surface area contributed by atoms with Crippen LogP contribution in [0.15, 0.2) is 76.2 Å². The molecule has 14 nitrogen and oxygen atoms in total. The molecule has 51 heavy (non-hydrogen) atoms. The molecule has 8 rings (SSSR count). The molecule has 1 fully saturated rings. The number of amides is 3. The number of imidazole rings is 1. The maximum Gasteiger partial charge on any atom is 0.328 e. The molecular weight excluding hydrogens is 652 g/mol. The second kappa shape index (κ2) is 12.6. The maximum absolute atomic E-state index is 12.8. The zero-order chi connectivity index (χ0) is 35.2. The van der Waals surface area contributed by atoms with Crippen LogP contribution < -0.4 is 26.0 Å². The van der Waals surface area contributed by atoms with Gasteiger partial charge in [0.15, 0.2) is 11.6 Å². The van der Waals surface area contributed by atoms with Crippen molar-refractivity contribution >= 4 is 51.1 Å². The number of aryl methyl sites for hydroxylation is 2. The molecule has 2 aromatic carbocycles. The van der Waals surface area contributed by atoms with Crippen molar-refractivity contribution in [3.05, 3.63) is 94.5 Å². The van der Waals surface area contributed by atoms with Gasteiger partial charge in [0.05, 0.1) is 36.2 Å². The quantitative estimate of drug-likeness (QED) is 0.204. The van der Waals surface area contributed by atoms with Gasteiger partial charge >= 0.3 is 5.69 Å². The Morgan fingerprint density at radius 1 is 1.02 bits per heavy atom. The molecule has 6 heterocycles. The second-order valence-electron chi connectivity index (χ2n) is 12.3. The minimum atomic E-state index is -0.477. The number of piperidine rings is 1. The first kappa shape index (κ1) is 31.5. The number of nitrogens with zero attached hydrogens (tertiary/aromatic N) is 6. The molecule has 2 aliphatic rings. The van der Waals surface area contributed by atoms with Crippen molar-refractivity contribution < 1.29 is 23.5 Å². The highest BCUT2D eigenvalue weighted by Gasteiger charge is 2.30. The van der Waals surface area contributed by atoms with Crippen molar-refractivity contribution in [2.45, 2.75) is 18.8 Å². The Hall–Kier alpha value is -6.75. The molecule has 2 N–H and O–H groups in total. The highest BCUT2D eigenvalue weighted by molar-refractivity contribution is 6.02. The van der Waals surface area contributed by atoms with Gasteiger partial charge in [0.25, 0.3) is 5.91 Å². The number of hydrogen-bond donors (Lipinski definition) is 2. The average Bonchev–Trinajstić information content (AvgIpc) is 3.67. The molecule has 2 aliphatic heterocycles. The van der Waals surface area contributed by atoms with Crippen LogP contribution in [0.5, 0.6) is 5.88 Å². The fraction of sp³-hybridized carbons (Fsp3) is 0.216. The number of imide groups is 1. The second-order valence-corrected chi connectivity index (χ2v) is 12.3. The van der Waals surface area contributed by atoms with E-state index in [1.54, 1.807) is 47.6 Å². The SMILES string of the molecule is Cn1c(=O)n(C)c2cc(N3CCOc4nc(-c5ccc(C(=O)NCC#Cc6cc7cccc(C8CCC(=O)NC8=O)c7o6)nc5)ncc43)ccc21. The number of ether oxygens (including phenoxy) is 1. The molecule has 4 aromatic heterocycles. The van der Waals surface area contributed by atoms with Gasteiger partial charge < -0.3 is 19.4 Å². The van der Waals surface area contributed by atoms with Crippen LogP contribution in [0, 0.1) is 11.8 Å². The fourth-order valence-electron chi connectivity index (χ4n) is 6.49. The highest BCUT2D eigenvalue weighted by Crippen LogP contribution is 2.37. The molecule has 0 aliphatic carbocycles. The van der Waals surface area contributed by atoms with Crippen LogP contribution in [-0.4, -0.2) is 61.5 Å². The molecule has 0 spiro atoms. The van der Waals surface area contributed by atoms with E-state index in [1.807, 2.05) is 36.4 Å². The molecule has 0 radical (unpaired) electrons. The van der Waals surface area contributed by atoms with Gasteiger partial charge in [-0.3, -0.25) is 33.8 Å². The average molecular weight is 683 g/mol. The van der Waals surface area contributed by atoms with Crippen molar-refractivity contribution in [3.63, 3.8) is 0 Å². The Balaban J connectivity index is 0.927. The molecule has 1 saturated heterocycles. The summed E-state index contributed by atoms with van der Waals surface area (Å²) in [5.41, 5.74) is 5.23. The van der Waals surface area contributed by atoms with E-state index in [-0.39, 0.29) is 36.2 Å². The van der Waals surface area contributed by atoms with Gasteiger partial charge in [-0.1, -0.05) is 24.1 Å². The topological polar surface area (TPSA) is 166 Å². The van der Waals surface area contributed by atoms with Crippen LogP contribution >= 0.6 is 0 Å². The molecule has 3 amide bonds. The normalized spacial score (nSPS) is 15.6. The third kappa shape index (κ3) is 5.74. The van der Waals surface area contributed by atoms with Gasteiger partial charge in [0, 0.05) is 55.0 Å². The lowest BCUT2D eigenvalue weighted by Gasteiger charge is -2.30. The molecular formula is C37H30N8O6. The van der Waals surface area contributed by atoms with Crippen LogP contribution in [0.1, 0.15) is 40.6 Å². The van der Waals surface area contributed by atoms with Gasteiger partial charge in [-0.2, -0.15) is 4.98 Å². The summed E-state index contributed by atoms with van der Waals surface area (Å²) in [7, 11) is 3.50. The lowest BCUT2D eigenvalue weighted by atomic mass is 9.89. The summed E-state index contributed by atoms with van der Waals surface area (Å²) in [4.78, 5) is 64.8. The van der Waals surface area contributed by atoms with Crippen molar-refractivity contribution in [3.8, 4) is 29.1 Å². The van der Waals surface area contributed by atoms with Gasteiger partial charge in [-0.25, -0.2) is 9.78 Å². The minimum Gasteiger partial charge on any atom is -0.474 e. The molecule has 1 unspecified atom stereocenters. The summed E-state index contributed by atoms with van der Waals surface area (Å²) in [6, 6.07) is 16.5. The van der Waals surface area contributed by atoms with Crippen LogP contribution in [0.2, 0.25) is 0 Å². The third-order valence-electron chi connectivity index (χ3n) is 9.14. The number of pyridine rings is 1. The molecule has 14 heteroatoms. The number of para-hydroxylation sites is 1. The van der Waals surface area contributed by atoms with Crippen molar-refractivity contribution in [2.75, 3.05) is 24.6 Å². The van der Waals surface area contributed by atoms with E-state index in [0.29, 0.717) is 59.4 Å². The molecule has 6 aromatic rings. The summed E-state index contributed by atoms with van der Waals surface area (Å²) in [6.45, 7) is 1.05. The first-order chi connectivity index (χ1) is 24.7. The number of rotatable bonds is 5. The number of fused-ring (bicyclic) bond motifs is 3. The van der Waals surface area contributed by atoms with E-state index < -0.39 is 11.8 Å². The number of furan rings is 1. The maximum atomic E-state index is 12.8. The number of carbonyl (C=O) groups excluding carboxylic acids is 3. The van der Waals surface area contributed by atoms with Gasteiger partial charge in [0.2, 0.25) is 17.7 Å². The minimum absolute atomic E-state index is 0.0502. The zero-order valence-corrected chi connectivity index (χ0v) is 27.6.